The molecule has 106 valence electrons. The third kappa shape index (κ3) is 3.24. The molecular weight excluding hydrogens is 244 g/mol. The van der Waals surface area contributed by atoms with Crippen LogP contribution in [0.5, 0.6) is 0 Å². The van der Waals surface area contributed by atoms with Gasteiger partial charge in [0.25, 0.3) is 0 Å². The highest BCUT2D eigenvalue weighted by Crippen LogP contribution is 2.21. The van der Waals surface area contributed by atoms with E-state index in [-0.39, 0.29) is 0 Å². The monoisotopic (exact) mass is 268 g/mol. The molecule has 2 rings (SSSR count). The summed E-state index contributed by atoms with van der Waals surface area (Å²) in [5.74, 6) is 0.877. The molecule has 20 heavy (non-hydrogen) atoms. The number of rotatable bonds is 5. The molecule has 0 fully saturated rings. The van der Waals surface area contributed by atoms with Gasteiger partial charge in [-0.25, -0.2) is 9.97 Å². The van der Waals surface area contributed by atoms with Crippen LogP contribution in [0.1, 0.15) is 49.2 Å². The Bertz CT molecular complexity index is 543. The fraction of sp³-hybridized carbons (Fsp3) is 0.444. The van der Waals surface area contributed by atoms with E-state index in [9.17, 15) is 0 Å². The first-order valence-corrected chi connectivity index (χ1v) is 7.59. The van der Waals surface area contributed by atoms with Gasteiger partial charge >= 0.3 is 0 Å². The number of aromatic nitrogens is 2. The van der Waals surface area contributed by atoms with Crippen molar-refractivity contribution in [2.45, 2.75) is 53.4 Å². The first kappa shape index (κ1) is 14.7. The lowest BCUT2D eigenvalue weighted by Crippen LogP contribution is -2.05. The Labute approximate surface area is 122 Å². The summed E-state index contributed by atoms with van der Waals surface area (Å²) in [7, 11) is 0. The second-order valence-corrected chi connectivity index (χ2v) is 5.43. The first-order valence-electron chi connectivity index (χ1n) is 7.59. The van der Waals surface area contributed by atoms with Crippen LogP contribution in [-0.4, -0.2) is 9.97 Å². The average molecular weight is 268 g/mol. The highest BCUT2D eigenvalue weighted by molar-refractivity contribution is 5.56. The number of aryl methyl sites for hydroxylation is 3. The molecule has 0 spiro atoms. The fourth-order valence-electron chi connectivity index (χ4n) is 2.41. The van der Waals surface area contributed by atoms with Gasteiger partial charge in [0, 0.05) is 17.0 Å². The summed E-state index contributed by atoms with van der Waals surface area (Å²) in [5.41, 5.74) is 6.08. The van der Waals surface area contributed by atoms with E-state index in [4.69, 9.17) is 9.97 Å². The number of benzene rings is 1. The molecule has 0 radical (unpaired) electrons. The van der Waals surface area contributed by atoms with Gasteiger partial charge in [0.05, 0.1) is 0 Å². The van der Waals surface area contributed by atoms with E-state index in [2.05, 4.69) is 52.0 Å². The highest BCUT2D eigenvalue weighted by atomic mass is 14.9. The third-order valence-corrected chi connectivity index (χ3v) is 3.63. The quantitative estimate of drug-likeness (QED) is 0.787. The Kier molecular flexibility index (Phi) is 4.89. The minimum absolute atomic E-state index is 0.877. The average Bonchev–Trinajstić information content (AvgIpc) is 2.44. The van der Waals surface area contributed by atoms with Gasteiger partial charge in [0.1, 0.15) is 0 Å². The fourth-order valence-corrected chi connectivity index (χ4v) is 2.41. The van der Waals surface area contributed by atoms with Crippen LogP contribution in [0.4, 0.5) is 0 Å². The Hall–Kier alpha value is -1.70. The van der Waals surface area contributed by atoms with Crippen LogP contribution in [0.2, 0.25) is 0 Å². The van der Waals surface area contributed by atoms with Crippen LogP contribution in [0.15, 0.2) is 24.3 Å². The molecule has 0 amide bonds. The maximum absolute atomic E-state index is 4.79. The van der Waals surface area contributed by atoms with Gasteiger partial charge in [-0.2, -0.15) is 0 Å². The summed E-state index contributed by atoms with van der Waals surface area (Å²) < 4.78 is 0. The summed E-state index contributed by atoms with van der Waals surface area (Å²) in [6.07, 6.45) is 4.31. The van der Waals surface area contributed by atoms with Crippen molar-refractivity contribution in [1.29, 1.82) is 0 Å². The second kappa shape index (κ2) is 6.65. The first-order chi connectivity index (χ1) is 9.65. The van der Waals surface area contributed by atoms with Crippen LogP contribution in [0, 0.1) is 13.8 Å². The molecule has 2 heteroatoms. The van der Waals surface area contributed by atoms with E-state index in [1.165, 1.54) is 22.5 Å². The molecule has 0 aliphatic heterocycles. The van der Waals surface area contributed by atoms with Gasteiger partial charge in [-0.15, -0.1) is 0 Å². The predicted molar refractivity (Wildman–Crippen MR) is 84.9 cm³/mol. The lowest BCUT2D eigenvalue weighted by Gasteiger charge is -2.12. The van der Waals surface area contributed by atoms with Crippen LogP contribution in [0.25, 0.3) is 11.4 Å². The topological polar surface area (TPSA) is 25.8 Å². The molecule has 0 bridgehead atoms. The number of nitrogens with zero attached hydrogens (tertiary/aromatic N) is 2. The Balaban J connectivity index is 2.49. The summed E-state index contributed by atoms with van der Waals surface area (Å²) >= 11 is 0. The zero-order valence-electron chi connectivity index (χ0n) is 13.0. The van der Waals surface area contributed by atoms with E-state index in [1.807, 2.05) is 0 Å². The molecule has 0 N–H and O–H groups in total. The van der Waals surface area contributed by atoms with Gasteiger partial charge in [-0.3, -0.25) is 0 Å². The standard InChI is InChI=1S/C18H24N2/c1-5-7-16-14(4)17(8-6-2)20-18(19-16)15-11-9-13(3)10-12-15/h9-12H,5-8H2,1-4H3. The number of hydrogen-bond acceptors (Lipinski definition) is 2. The van der Waals surface area contributed by atoms with Crippen LogP contribution in [0.3, 0.4) is 0 Å². The molecule has 0 saturated heterocycles. The van der Waals surface area contributed by atoms with Crippen LogP contribution in [-0.2, 0) is 12.8 Å². The summed E-state index contributed by atoms with van der Waals surface area (Å²) in [5, 5.41) is 0. The van der Waals surface area contributed by atoms with Crippen molar-refractivity contribution in [1.82, 2.24) is 9.97 Å². The lowest BCUT2D eigenvalue weighted by molar-refractivity contribution is 0.815. The Morgan fingerprint density at radius 2 is 1.30 bits per heavy atom. The van der Waals surface area contributed by atoms with E-state index in [0.29, 0.717) is 0 Å². The largest absolute Gasteiger partial charge is 0.233 e. The molecule has 0 saturated carbocycles. The Morgan fingerprint density at radius 3 is 1.75 bits per heavy atom. The highest BCUT2D eigenvalue weighted by Gasteiger charge is 2.11. The van der Waals surface area contributed by atoms with Gasteiger partial charge in [0.15, 0.2) is 5.82 Å². The summed E-state index contributed by atoms with van der Waals surface area (Å²) in [6.45, 7) is 8.67. The van der Waals surface area contributed by atoms with E-state index < -0.39 is 0 Å². The van der Waals surface area contributed by atoms with Crippen LogP contribution < -0.4 is 0 Å². The smallest absolute Gasteiger partial charge is 0.159 e. The van der Waals surface area contributed by atoms with Crippen LogP contribution >= 0.6 is 0 Å². The zero-order chi connectivity index (χ0) is 14.5. The molecule has 1 aromatic carbocycles. The van der Waals surface area contributed by atoms with Gasteiger partial charge in [-0.1, -0.05) is 56.5 Å². The van der Waals surface area contributed by atoms with E-state index >= 15 is 0 Å². The van der Waals surface area contributed by atoms with Crippen molar-refractivity contribution in [2.24, 2.45) is 0 Å². The molecule has 2 nitrogen and oxygen atoms in total. The molecule has 1 aromatic heterocycles. The molecule has 1 heterocycles. The predicted octanol–water partition coefficient (Wildman–Crippen LogP) is 4.67. The molecule has 0 aliphatic rings. The zero-order valence-corrected chi connectivity index (χ0v) is 13.0. The lowest BCUT2D eigenvalue weighted by atomic mass is 10.0. The molecule has 0 atom stereocenters. The maximum Gasteiger partial charge on any atom is 0.159 e. The van der Waals surface area contributed by atoms with Crippen molar-refractivity contribution in [3.05, 3.63) is 46.8 Å². The summed E-state index contributed by atoms with van der Waals surface area (Å²) in [4.78, 5) is 9.59. The minimum atomic E-state index is 0.877. The molecule has 0 unspecified atom stereocenters. The Morgan fingerprint density at radius 1 is 0.800 bits per heavy atom. The van der Waals surface area contributed by atoms with E-state index in [1.54, 1.807) is 0 Å². The van der Waals surface area contributed by atoms with Gasteiger partial charge in [-0.05, 0) is 32.3 Å². The van der Waals surface area contributed by atoms with Crippen molar-refractivity contribution in [2.75, 3.05) is 0 Å². The van der Waals surface area contributed by atoms with Crippen molar-refractivity contribution >= 4 is 0 Å². The van der Waals surface area contributed by atoms with Crippen molar-refractivity contribution in [3.63, 3.8) is 0 Å². The second-order valence-electron chi connectivity index (χ2n) is 5.43. The van der Waals surface area contributed by atoms with Gasteiger partial charge in [0.2, 0.25) is 0 Å². The normalized spacial score (nSPS) is 10.8. The number of hydrogen-bond donors (Lipinski definition) is 0. The van der Waals surface area contributed by atoms with Crippen molar-refractivity contribution < 1.29 is 0 Å². The maximum atomic E-state index is 4.79. The SMILES string of the molecule is CCCc1nc(-c2ccc(C)cc2)nc(CCC)c1C. The van der Waals surface area contributed by atoms with Crippen molar-refractivity contribution in [3.8, 4) is 11.4 Å². The molecule has 0 aliphatic carbocycles. The van der Waals surface area contributed by atoms with Gasteiger partial charge < -0.3 is 0 Å². The molecule has 2 aromatic rings. The molecular formula is C18H24N2. The minimum Gasteiger partial charge on any atom is -0.233 e. The van der Waals surface area contributed by atoms with E-state index in [0.717, 1.165) is 37.1 Å². The third-order valence-electron chi connectivity index (χ3n) is 3.63. The summed E-state index contributed by atoms with van der Waals surface area (Å²) in [6, 6.07) is 8.48.